The largest absolute Gasteiger partial charge is 0.496 e. The predicted octanol–water partition coefficient (Wildman–Crippen LogP) is 5.28. The van der Waals surface area contributed by atoms with Crippen molar-refractivity contribution in [2.75, 3.05) is 13.7 Å². The first-order valence-electron chi connectivity index (χ1n) is 12.1. The summed E-state index contributed by atoms with van der Waals surface area (Å²) in [4.78, 5) is 33.3. The van der Waals surface area contributed by atoms with Crippen LogP contribution in [0.5, 0.6) is 5.75 Å². The summed E-state index contributed by atoms with van der Waals surface area (Å²) < 4.78 is 11.3. The summed E-state index contributed by atoms with van der Waals surface area (Å²) in [5.41, 5.74) is 3.34. The highest BCUT2D eigenvalue weighted by molar-refractivity contribution is 8.16. The number of amidine groups is 1. The molecule has 0 radical (unpaired) electrons. The maximum Gasteiger partial charge on any atom is 0.338 e. The number of methoxy groups -OCH3 is 1. The SMILES string of the molecule is CCOC(=O)C1=C(c2ccccc2)N=C2SC=C(CC(=O)NC(C)CC)N2C1c1ccccc1OC. The highest BCUT2D eigenvalue weighted by Crippen LogP contribution is 2.48. The van der Waals surface area contributed by atoms with Crippen LogP contribution in [0, 0.1) is 0 Å². The Morgan fingerprint density at radius 1 is 1.11 bits per heavy atom. The number of benzene rings is 2. The molecule has 0 bridgehead atoms. The Labute approximate surface area is 216 Å². The fourth-order valence-corrected chi connectivity index (χ4v) is 5.19. The van der Waals surface area contributed by atoms with Gasteiger partial charge < -0.3 is 19.7 Å². The lowest BCUT2D eigenvalue weighted by Gasteiger charge is -2.37. The van der Waals surface area contributed by atoms with Crippen molar-refractivity contribution >= 4 is 34.5 Å². The molecule has 8 heteroatoms. The van der Waals surface area contributed by atoms with E-state index in [9.17, 15) is 9.59 Å². The monoisotopic (exact) mass is 505 g/mol. The number of carbonyl (C=O) groups is 2. The molecule has 188 valence electrons. The van der Waals surface area contributed by atoms with Gasteiger partial charge in [0, 0.05) is 22.9 Å². The number of ether oxygens (including phenoxy) is 2. The average molecular weight is 506 g/mol. The molecule has 1 N–H and O–H groups in total. The van der Waals surface area contributed by atoms with Gasteiger partial charge in [-0.1, -0.05) is 67.2 Å². The standard InChI is InChI=1S/C28H31N3O4S/c1-5-18(3)29-23(32)16-20-17-36-28-30-25(19-12-8-7-9-13-19)24(27(33)35-6-2)26(31(20)28)21-14-10-11-15-22(21)34-4/h7-15,17-18,26H,5-6,16H2,1-4H3,(H,29,32). The van der Waals surface area contributed by atoms with Crippen molar-refractivity contribution < 1.29 is 19.1 Å². The first-order chi connectivity index (χ1) is 17.5. The molecule has 2 aliphatic rings. The van der Waals surface area contributed by atoms with Crippen LogP contribution in [0.25, 0.3) is 5.70 Å². The fourth-order valence-electron chi connectivity index (χ4n) is 4.27. The molecule has 0 spiro atoms. The first kappa shape index (κ1) is 25.6. The molecule has 36 heavy (non-hydrogen) atoms. The summed E-state index contributed by atoms with van der Waals surface area (Å²) in [6.45, 7) is 6.03. The van der Waals surface area contributed by atoms with Gasteiger partial charge in [-0.25, -0.2) is 9.79 Å². The van der Waals surface area contributed by atoms with Crippen LogP contribution < -0.4 is 10.1 Å². The van der Waals surface area contributed by atoms with Gasteiger partial charge in [0.2, 0.25) is 5.91 Å². The van der Waals surface area contributed by atoms with Gasteiger partial charge in [0.15, 0.2) is 5.17 Å². The number of aliphatic imine (C=N–C) groups is 1. The zero-order valence-electron chi connectivity index (χ0n) is 21.0. The number of hydrogen-bond donors (Lipinski definition) is 1. The molecular weight excluding hydrogens is 474 g/mol. The predicted molar refractivity (Wildman–Crippen MR) is 143 cm³/mol. The highest BCUT2D eigenvalue weighted by Gasteiger charge is 2.43. The Morgan fingerprint density at radius 3 is 2.53 bits per heavy atom. The average Bonchev–Trinajstić information content (AvgIpc) is 3.30. The summed E-state index contributed by atoms with van der Waals surface area (Å²) >= 11 is 1.45. The number of rotatable bonds is 9. The lowest BCUT2D eigenvalue weighted by atomic mass is 9.91. The molecule has 2 aliphatic heterocycles. The number of esters is 1. The van der Waals surface area contributed by atoms with Crippen LogP contribution in [-0.4, -0.2) is 41.7 Å². The number of hydrogen-bond acceptors (Lipinski definition) is 7. The third-order valence-corrected chi connectivity index (χ3v) is 7.04. The zero-order chi connectivity index (χ0) is 25.7. The lowest BCUT2D eigenvalue weighted by Crippen LogP contribution is -2.39. The van der Waals surface area contributed by atoms with Gasteiger partial charge >= 0.3 is 5.97 Å². The zero-order valence-corrected chi connectivity index (χ0v) is 21.8. The number of amides is 1. The van der Waals surface area contributed by atoms with Crippen molar-refractivity contribution in [3.8, 4) is 5.75 Å². The van der Waals surface area contributed by atoms with Gasteiger partial charge in [0.05, 0.1) is 37.4 Å². The van der Waals surface area contributed by atoms with E-state index in [0.717, 1.165) is 23.2 Å². The molecule has 7 nitrogen and oxygen atoms in total. The minimum atomic E-state index is -0.583. The van der Waals surface area contributed by atoms with Gasteiger partial charge in [-0.3, -0.25) is 4.79 Å². The van der Waals surface area contributed by atoms with Crippen molar-refractivity contribution in [3.05, 3.63) is 82.4 Å². The van der Waals surface area contributed by atoms with E-state index in [-0.39, 0.29) is 25.0 Å². The van der Waals surface area contributed by atoms with Gasteiger partial charge in [0.25, 0.3) is 0 Å². The number of fused-ring (bicyclic) bond motifs is 1. The van der Waals surface area contributed by atoms with E-state index in [2.05, 4.69) is 5.32 Å². The molecule has 2 unspecified atom stereocenters. The fraction of sp³-hybridized carbons (Fsp3) is 0.321. The minimum absolute atomic E-state index is 0.0753. The van der Waals surface area contributed by atoms with Crippen LogP contribution in [0.4, 0.5) is 0 Å². The number of nitrogens with one attached hydrogen (secondary N) is 1. The van der Waals surface area contributed by atoms with Crippen molar-refractivity contribution in [2.45, 2.75) is 45.7 Å². The Kier molecular flexibility index (Phi) is 8.15. The van der Waals surface area contributed by atoms with E-state index < -0.39 is 12.0 Å². The normalized spacial score (nSPS) is 17.7. The number of para-hydroxylation sites is 1. The van der Waals surface area contributed by atoms with E-state index in [1.165, 1.54) is 11.8 Å². The maximum atomic E-state index is 13.5. The third-order valence-electron chi connectivity index (χ3n) is 6.15. The lowest BCUT2D eigenvalue weighted by molar-refractivity contribution is -0.139. The van der Waals surface area contributed by atoms with Crippen LogP contribution >= 0.6 is 11.8 Å². The molecule has 1 amide bonds. The Balaban J connectivity index is 1.88. The van der Waals surface area contributed by atoms with Gasteiger partial charge in [-0.2, -0.15) is 0 Å². The summed E-state index contributed by atoms with van der Waals surface area (Å²) in [7, 11) is 1.61. The molecule has 0 fully saturated rings. The minimum Gasteiger partial charge on any atom is -0.496 e. The molecule has 2 heterocycles. The van der Waals surface area contributed by atoms with Crippen molar-refractivity contribution in [1.29, 1.82) is 0 Å². The van der Waals surface area contributed by atoms with E-state index in [0.29, 0.717) is 22.2 Å². The third kappa shape index (κ3) is 5.18. The molecular formula is C28H31N3O4S. The van der Waals surface area contributed by atoms with Gasteiger partial charge in [0.1, 0.15) is 5.75 Å². The van der Waals surface area contributed by atoms with Crippen LogP contribution in [0.15, 0.2) is 76.3 Å². The van der Waals surface area contributed by atoms with Crippen LogP contribution in [0.2, 0.25) is 0 Å². The molecule has 0 aliphatic carbocycles. The topological polar surface area (TPSA) is 80.2 Å². The molecule has 2 aromatic rings. The molecule has 0 saturated heterocycles. The summed E-state index contributed by atoms with van der Waals surface area (Å²) in [6, 6.07) is 16.7. The van der Waals surface area contributed by atoms with E-state index in [1.807, 2.05) is 78.8 Å². The number of nitrogens with zero attached hydrogens (tertiary/aromatic N) is 2. The molecule has 0 saturated carbocycles. The molecule has 4 rings (SSSR count). The second-order valence-electron chi connectivity index (χ2n) is 8.54. The maximum absolute atomic E-state index is 13.5. The van der Waals surface area contributed by atoms with Crippen LogP contribution in [0.3, 0.4) is 0 Å². The van der Waals surface area contributed by atoms with E-state index in [1.54, 1.807) is 14.0 Å². The second kappa shape index (κ2) is 11.5. The first-order valence-corrected chi connectivity index (χ1v) is 13.0. The second-order valence-corrected chi connectivity index (χ2v) is 9.37. The summed E-state index contributed by atoms with van der Waals surface area (Å²) in [6.07, 6.45) is 1.01. The smallest absolute Gasteiger partial charge is 0.338 e. The Morgan fingerprint density at radius 2 is 1.83 bits per heavy atom. The molecule has 0 aromatic heterocycles. The van der Waals surface area contributed by atoms with E-state index in [4.69, 9.17) is 14.5 Å². The van der Waals surface area contributed by atoms with Crippen molar-refractivity contribution in [2.24, 2.45) is 4.99 Å². The quantitative estimate of drug-likeness (QED) is 0.468. The summed E-state index contributed by atoms with van der Waals surface area (Å²) in [5.74, 6) is 0.111. The molecule has 2 atom stereocenters. The Bertz CT molecular complexity index is 1220. The van der Waals surface area contributed by atoms with E-state index >= 15 is 0 Å². The van der Waals surface area contributed by atoms with Gasteiger partial charge in [-0.05, 0) is 31.7 Å². The molecule has 2 aromatic carbocycles. The Hall–Kier alpha value is -3.52. The highest BCUT2D eigenvalue weighted by atomic mass is 32.2. The van der Waals surface area contributed by atoms with Crippen molar-refractivity contribution in [3.63, 3.8) is 0 Å². The van der Waals surface area contributed by atoms with Gasteiger partial charge in [-0.15, -0.1) is 0 Å². The van der Waals surface area contributed by atoms with Crippen LogP contribution in [-0.2, 0) is 14.3 Å². The van der Waals surface area contributed by atoms with Crippen molar-refractivity contribution in [1.82, 2.24) is 10.2 Å². The number of carbonyl (C=O) groups excluding carboxylic acids is 2. The number of thioether (sulfide) groups is 1. The van der Waals surface area contributed by atoms with Crippen LogP contribution in [0.1, 0.15) is 50.8 Å². The summed E-state index contributed by atoms with van der Waals surface area (Å²) in [5, 5.41) is 5.67.